The lowest BCUT2D eigenvalue weighted by molar-refractivity contribution is -0.125. The van der Waals surface area contributed by atoms with Crippen LogP contribution in [0.5, 0.6) is 0 Å². The molecular formula is C26H25Cl2N3O2. The Morgan fingerprint density at radius 1 is 0.939 bits per heavy atom. The topological polar surface area (TPSA) is 45.5 Å². The zero-order chi connectivity index (χ0) is 23.5. The molecule has 0 atom stereocenters. The van der Waals surface area contributed by atoms with Crippen LogP contribution in [-0.2, 0) is 4.79 Å². The molecule has 1 aromatic heterocycles. The number of carbonyl (C=O) groups excluding carboxylic acids is 1. The van der Waals surface area contributed by atoms with Crippen molar-refractivity contribution in [3.63, 3.8) is 0 Å². The molecule has 2 heterocycles. The van der Waals surface area contributed by atoms with E-state index in [1.54, 1.807) is 47.5 Å². The summed E-state index contributed by atoms with van der Waals surface area (Å²) < 4.78 is 1.37. The number of halogens is 2. The summed E-state index contributed by atoms with van der Waals surface area (Å²) in [6.45, 7) is 6.78. The molecule has 33 heavy (non-hydrogen) atoms. The number of aryl methyl sites for hydroxylation is 1. The SMILES string of the molecule is Cc1cccc(N2CCN(C(=O)/C(=C\c3ccc(Cl)cc3Cl)n3ccccc3=O)CC2)c1C. The van der Waals surface area contributed by atoms with Crippen LogP contribution in [0, 0.1) is 13.8 Å². The highest BCUT2D eigenvalue weighted by atomic mass is 35.5. The molecule has 1 aliphatic rings. The molecule has 0 spiro atoms. The highest BCUT2D eigenvalue weighted by Crippen LogP contribution is 2.26. The third kappa shape index (κ3) is 5.00. The van der Waals surface area contributed by atoms with Crippen LogP contribution < -0.4 is 10.5 Å². The summed E-state index contributed by atoms with van der Waals surface area (Å²) in [5.41, 5.74) is 4.30. The minimum absolute atomic E-state index is 0.213. The lowest BCUT2D eigenvalue weighted by atomic mass is 10.1. The molecule has 0 unspecified atom stereocenters. The summed E-state index contributed by atoms with van der Waals surface area (Å²) in [6, 6.07) is 16.2. The highest BCUT2D eigenvalue weighted by Gasteiger charge is 2.26. The Morgan fingerprint density at radius 3 is 2.39 bits per heavy atom. The number of hydrogen-bond acceptors (Lipinski definition) is 3. The van der Waals surface area contributed by atoms with Gasteiger partial charge in [0, 0.05) is 54.2 Å². The van der Waals surface area contributed by atoms with Crippen molar-refractivity contribution >= 4 is 46.6 Å². The lowest BCUT2D eigenvalue weighted by Crippen LogP contribution is -2.49. The van der Waals surface area contributed by atoms with Crippen molar-refractivity contribution in [2.75, 3.05) is 31.1 Å². The second-order valence-electron chi connectivity index (χ2n) is 8.10. The monoisotopic (exact) mass is 481 g/mol. The van der Waals surface area contributed by atoms with Crippen LogP contribution in [0.3, 0.4) is 0 Å². The van der Waals surface area contributed by atoms with Gasteiger partial charge in [0.05, 0.1) is 0 Å². The quantitative estimate of drug-likeness (QED) is 0.485. The maximum atomic E-state index is 13.6. The molecule has 1 fully saturated rings. The third-order valence-corrected chi connectivity index (χ3v) is 6.60. The summed E-state index contributed by atoms with van der Waals surface area (Å²) in [6.07, 6.45) is 3.25. The molecular weight excluding hydrogens is 457 g/mol. The van der Waals surface area contributed by atoms with E-state index in [1.807, 2.05) is 0 Å². The first-order valence-corrected chi connectivity index (χ1v) is 11.6. The zero-order valence-electron chi connectivity index (χ0n) is 18.6. The molecule has 0 aliphatic carbocycles. The maximum Gasteiger partial charge on any atom is 0.271 e. The minimum atomic E-state index is -0.281. The molecule has 0 N–H and O–H groups in total. The average molecular weight is 482 g/mol. The van der Waals surface area contributed by atoms with Gasteiger partial charge in [-0.15, -0.1) is 0 Å². The van der Waals surface area contributed by atoms with Crippen molar-refractivity contribution < 1.29 is 4.79 Å². The van der Waals surface area contributed by atoms with E-state index in [4.69, 9.17) is 23.2 Å². The van der Waals surface area contributed by atoms with Gasteiger partial charge in [-0.1, -0.05) is 47.5 Å². The van der Waals surface area contributed by atoms with Gasteiger partial charge in [-0.05, 0) is 60.9 Å². The van der Waals surface area contributed by atoms with Gasteiger partial charge in [0.25, 0.3) is 11.5 Å². The molecule has 0 saturated carbocycles. The van der Waals surface area contributed by atoms with E-state index in [2.05, 4.69) is 36.9 Å². The second-order valence-corrected chi connectivity index (χ2v) is 8.95. The maximum absolute atomic E-state index is 13.6. The van der Waals surface area contributed by atoms with Gasteiger partial charge in [-0.2, -0.15) is 0 Å². The van der Waals surface area contributed by atoms with Crippen LogP contribution in [0.4, 0.5) is 5.69 Å². The van der Waals surface area contributed by atoms with Crippen molar-refractivity contribution in [2.45, 2.75) is 13.8 Å². The van der Waals surface area contributed by atoms with Crippen molar-refractivity contribution in [1.82, 2.24) is 9.47 Å². The number of benzene rings is 2. The van der Waals surface area contributed by atoms with Gasteiger partial charge in [-0.3, -0.25) is 14.2 Å². The Kier molecular flexibility index (Phi) is 6.91. The largest absolute Gasteiger partial charge is 0.368 e. The Balaban J connectivity index is 1.63. The molecule has 4 rings (SSSR count). The number of rotatable bonds is 4. The molecule has 3 aromatic rings. The molecule has 0 radical (unpaired) electrons. The van der Waals surface area contributed by atoms with E-state index in [9.17, 15) is 9.59 Å². The van der Waals surface area contributed by atoms with Crippen molar-refractivity contribution in [3.8, 4) is 0 Å². The molecule has 1 amide bonds. The molecule has 1 aliphatic heterocycles. The predicted molar refractivity (Wildman–Crippen MR) is 136 cm³/mol. The Morgan fingerprint density at radius 2 is 1.70 bits per heavy atom. The Labute approximate surface area is 203 Å². The van der Waals surface area contributed by atoms with Crippen LogP contribution in [0.15, 0.2) is 65.6 Å². The number of amides is 1. The van der Waals surface area contributed by atoms with Gasteiger partial charge in [-0.25, -0.2) is 0 Å². The van der Waals surface area contributed by atoms with Crippen LogP contribution in [0.2, 0.25) is 10.0 Å². The van der Waals surface area contributed by atoms with Gasteiger partial charge >= 0.3 is 0 Å². The summed E-state index contributed by atoms with van der Waals surface area (Å²) in [5.74, 6) is -0.213. The minimum Gasteiger partial charge on any atom is -0.368 e. The first kappa shape index (κ1) is 23.1. The van der Waals surface area contributed by atoms with Crippen LogP contribution in [-0.4, -0.2) is 41.6 Å². The Hall–Kier alpha value is -3.02. The number of pyridine rings is 1. The second kappa shape index (κ2) is 9.86. The average Bonchev–Trinajstić information content (AvgIpc) is 2.81. The van der Waals surface area contributed by atoms with E-state index >= 15 is 0 Å². The van der Waals surface area contributed by atoms with Crippen molar-refractivity contribution in [3.05, 3.63) is 97.9 Å². The van der Waals surface area contributed by atoms with Crippen LogP contribution >= 0.6 is 23.2 Å². The number of hydrogen-bond donors (Lipinski definition) is 0. The fourth-order valence-electron chi connectivity index (χ4n) is 4.02. The molecule has 2 aromatic carbocycles. The predicted octanol–water partition coefficient (Wildman–Crippen LogP) is 5.12. The number of anilines is 1. The van der Waals surface area contributed by atoms with Crippen molar-refractivity contribution in [2.24, 2.45) is 0 Å². The highest BCUT2D eigenvalue weighted by molar-refractivity contribution is 6.36. The molecule has 5 nitrogen and oxygen atoms in total. The Bertz CT molecular complexity index is 1270. The summed E-state index contributed by atoms with van der Waals surface area (Å²) in [5, 5.41) is 0.918. The van der Waals surface area contributed by atoms with Gasteiger partial charge < -0.3 is 9.80 Å². The lowest BCUT2D eigenvalue weighted by Gasteiger charge is -2.37. The van der Waals surface area contributed by atoms with E-state index in [-0.39, 0.29) is 17.2 Å². The third-order valence-electron chi connectivity index (χ3n) is 6.04. The normalized spacial score (nSPS) is 14.5. The fourth-order valence-corrected chi connectivity index (χ4v) is 4.48. The first-order chi connectivity index (χ1) is 15.8. The smallest absolute Gasteiger partial charge is 0.271 e. The van der Waals surface area contributed by atoms with E-state index in [0.717, 1.165) is 0 Å². The standard InChI is InChI=1S/C26H25Cl2N3O2/c1-18-6-5-7-23(19(18)2)29-12-14-30(15-13-29)26(33)24(31-11-4-3-8-25(31)32)16-20-9-10-21(27)17-22(20)28/h3-11,16-17H,12-15H2,1-2H3/b24-16+. The fraction of sp³-hybridized carbons (Fsp3) is 0.231. The number of nitrogens with zero attached hydrogens (tertiary/aromatic N) is 3. The van der Waals surface area contributed by atoms with E-state index < -0.39 is 0 Å². The zero-order valence-corrected chi connectivity index (χ0v) is 20.1. The first-order valence-electron chi connectivity index (χ1n) is 10.8. The molecule has 1 saturated heterocycles. The molecule has 0 bridgehead atoms. The summed E-state index contributed by atoms with van der Waals surface area (Å²) in [4.78, 5) is 30.3. The molecule has 170 valence electrons. The van der Waals surface area contributed by atoms with Gasteiger partial charge in [0.1, 0.15) is 5.70 Å². The number of piperazine rings is 1. The van der Waals surface area contributed by atoms with Crippen LogP contribution in [0.25, 0.3) is 11.8 Å². The van der Waals surface area contributed by atoms with E-state index in [0.29, 0.717) is 41.8 Å². The van der Waals surface area contributed by atoms with Crippen molar-refractivity contribution in [1.29, 1.82) is 0 Å². The summed E-state index contributed by atoms with van der Waals surface area (Å²) in [7, 11) is 0. The van der Waals surface area contributed by atoms with E-state index in [1.165, 1.54) is 27.4 Å². The summed E-state index contributed by atoms with van der Waals surface area (Å²) >= 11 is 12.4. The number of carbonyl (C=O) groups is 1. The van der Waals surface area contributed by atoms with Crippen LogP contribution in [0.1, 0.15) is 16.7 Å². The van der Waals surface area contributed by atoms with Gasteiger partial charge in [0.15, 0.2) is 0 Å². The van der Waals surface area contributed by atoms with Gasteiger partial charge in [0.2, 0.25) is 0 Å². The number of aromatic nitrogens is 1. The molecule has 7 heteroatoms.